The molecule has 6 nitrogen and oxygen atoms in total. The minimum Gasteiger partial charge on any atom is -0.478 e. The molecular formula is C11H9BrN4O2. The minimum atomic E-state index is -0.963. The smallest absolute Gasteiger partial charge is 0.335 e. The summed E-state index contributed by atoms with van der Waals surface area (Å²) >= 11 is 3.46. The number of nitrogens with one attached hydrogen (secondary N) is 1. The van der Waals surface area contributed by atoms with Crippen LogP contribution in [-0.4, -0.2) is 25.4 Å². The van der Waals surface area contributed by atoms with E-state index < -0.39 is 5.97 Å². The quantitative estimate of drug-likeness (QED) is 0.671. The van der Waals surface area contributed by atoms with Crippen LogP contribution in [0, 0.1) is 0 Å². The van der Waals surface area contributed by atoms with Gasteiger partial charge in [0.2, 0.25) is 5.78 Å². The van der Waals surface area contributed by atoms with Crippen molar-refractivity contribution in [2.45, 2.75) is 6.54 Å². The Kier molecular flexibility index (Phi) is 2.39. The topological polar surface area (TPSA) is 96.4 Å². The van der Waals surface area contributed by atoms with Gasteiger partial charge < -0.3 is 15.8 Å². The number of carboxylic acids is 1. The maximum Gasteiger partial charge on any atom is 0.335 e. The zero-order valence-electron chi connectivity index (χ0n) is 9.14. The van der Waals surface area contributed by atoms with Crippen LogP contribution in [0.4, 0.5) is 0 Å². The predicted octanol–water partition coefficient (Wildman–Crippen LogP) is 1.74. The normalized spacial score (nSPS) is 11.4. The van der Waals surface area contributed by atoms with Crippen LogP contribution in [0.2, 0.25) is 0 Å². The molecule has 0 aliphatic carbocycles. The Hall–Kier alpha value is -1.86. The molecule has 0 radical (unpaired) electrons. The van der Waals surface area contributed by atoms with Gasteiger partial charge >= 0.3 is 5.97 Å². The van der Waals surface area contributed by atoms with Gasteiger partial charge in [0.25, 0.3) is 0 Å². The van der Waals surface area contributed by atoms with E-state index in [1.54, 1.807) is 18.2 Å². The highest BCUT2D eigenvalue weighted by atomic mass is 79.9. The molecule has 0 aliphatic rings. The highest BCUT2D eigenvalue weighted by Crippen LogP contribution is 2.25. The van der Waals surface area contributed by atoms with Gasteiger partial charge in [0, 0.05) is 6.54 Å². The summed E-state index contributed by atoms with van der Waals surface area (Å²) < 4.78 is 2.67. The van der Waals surface area contributed by atoms with Crippen LogP contribution in [0.3, 0.4) is 0 Å². The van der Waals surface area contributed by atoms with Crippen LogP contribution in [-0.2, 0) is 6.54 Å². The maximum absolute atomic E-state index is 10.9. The van der Waals surface area contributed by atoms with Crippen molar-refractivity contribution in [1.82, 2.24) is 14.4 Å². The number of fused-ring (bicyclic) bond motifs is 3. The number of carboxylic acid groups (broad SMARTS) is 1. The van der Waals surface area contributed by atoms with Crippen molar-refractivity contribution in [2.75, 3.05) is 0 Å². The summed E-state index contributed by atoms with van der Waals surface area (Å²) in [6, 6.07) is 4.84. The number of aromatic amines is 1. The van der Waals surface area contributed by atoms with E-state index in [2.05, 4.69) is 25.9 Å². The van der Waals surface area contributed by atoms with Crippen molar-refractivity contribution in [2.24, 2.45) is 5.73 Å². The van der Waals surface area contributed by atoms with Gasteiger partial charge in [-0.3, -0.25) is 4.40 Å². The molecule has 0 saturated heterocycles. The first-order valence-corrected chi connectivity index (χ1v) is 6.03. The second-order valence-electron chi connectivity index (χ2n) is 3.88. The van der Waals surface area contributed by atoms with Gasteiger partial charge in [-0.2, -0.15) is 0 Å². The van der Waals surface area contributed by atoms with Crippen LogP contribution in [0.25, 0.3) is 16.8 Å². The van der Waals surface area contributed by atoms with Gasteiger partial charge in [0.15, 0.2) is 0 Å². The minimum absolute atomic E-state index is 0.221. The van der Waals surface area contributed by atoms with Gasteiger partial charge in [-0.25, -0.2) is 9.78 Å². The van der Waals surface area contributed by atoms with Crippen molar-refractivity contribution < 1.29 is 9.90 Å². The highest BCUT2D eigenvalue weighted by molar-refractivity contribution is 9.10. The fraction of sp³-hybridized carbons (Fsp3) is 0.0909. The summed E-state index contributed by atoms with van der Waals surface area (Å²) in [5.41, 5.74) is 8.13. The van der Waals surface area contributed by atoms with Crippen LogP contribution in [0.15, 0.2) is 22.8 Å². The molecule has 7 heteroatoms. The Morgan fingerprint density at radius 3 is 3.00 bits per heavy atom. The Labute approximate surface area is 110 Å². The molecule has 0 bridgehead atoms. The van der Waals surface area contributed by atoms with Crippen LogP contribution >= 0.6 is 15.9 Å². The molecule has 2 heterocycles. The molecule has 0 spiro atoms. The number of halogens is 1. The number of hydrogen-bond acceptors (Lipinski definition) is 3. The van der Waals surface area contributed by atoms with Crippen LogP contribution in [0.1, 0.15) is 16.1 Å². The second-order valence-corrected chi connectivity index (χ2v) is 4.63. The van der Waals surface area contributed by atoms with Crippen molar-refractivity contribution in [3.8, 4) is 0 Å². The Morgan fingerprint density at radius 2 is 2.33 bits per heavy atom. The summed E-state index contributed by atoms with van der Waals surface area (Å²) in [6.07, 6.45) is 0. The number of carbonyl (C=O) groups is 1. The third-order valence-electron chi connectivity index (χ3n) is 2.81. The van der Waals surface area contributed by atoms with E-state index in [0.29, 0.717) is 17.8 Å². The van der Waals surface area contributed by atoms with Crippen molar-refractivity contribution in [1.29, 1.82) is 0 Å². The zero-order valence-corrected chi connectivity index (χ0v) is 10.7. The molecule has 0 saturated carbocycles. The van der Waals surface area contributed by atoms with Gasteiger partial charge in [0.1, 0.15) is 4.60 Å². The van der Waals surface area contributed by atoms with E-state index in [0.717, 1.165) is 15.8 Å². The van der Waals surface area contributed by atoms with E-state index in [1.165, 1.54) is 0 Å². The number of aromatic carboxylic acids is 1. The lowest BCUT2D eigenvalue weighted by atomic mass is 10.2. The summed E-state index contributed by atoms with van der Waals surface area (Å²) in [4.78, 5) is 18.3. The average molecular weight is 309 g/mol. The number of benzene rings is 1. The lowest BCUT2D eigenvalue weighted by molar-refractivity contribution is 0.0697. The maximum atomic E-state index is 10.9. The molecule has 3 rings (SSSR count). The van der Waals surface area contributed by atoms with Gasteiger partial charge in [0.05, 0.1) is 22.3 Å². The van der Waals surface area contributed by atoms with Crippen molar-refractivity contribution in [3.05, 3.63) is 34.1 Å². The van der Waals surface area contributed by atoms with Gasteiger partial charge in [-0.15, -0.1) is 0 Å². The predicted molar refractivity (Wildman–Crippen MR) is 69.6 cm³/mol. The van der Waals surface area contributed by atoms with Gasteiger partial charge in [-0.05, 0) is 34.1 Å². The number of H-pyrrole nitrogens is 1. The Bertz CT molecular complexity index is 774. The fourth-order valence-corrected chi connectivity index (χ4v) is 2.57. The molecule has 0 fully saturated rings. The van der Waals surface area contributed by atoms with Gasteiger partial charge in [-0.1, -0.05) is 0 Å². The SMILES string of the molecule is NCc1[nH]c2nc3cc(C(=O)O)ccc3n2c1Br. The number of aromatic nitrogens is 3. The third kappa shape index (κ3) is 1.44. The molecule has 0 unspecified atom stereocenters. The van der Waals surface area contributed by atoms with Crippen LogP contribution < -0.4 is 5.73 Å². The number of rotatable bonds is 2. The standard InChI is InChI=1S/C11H9BrN4O2/c12-9-7(4-13)15-11-14-6-3-5(10(17)18)1-2-8(6)16(9)11/h1-3H,4,13H2,(H,14,15)(H,17,18). The largest absolute Gasteiger partial charge is 0.478 e. The Balaban J connectivity index is 2.35. The Morgan fingerprint density at radius 1 is 1.56 bits per heavy atom. The summed E-state index contributed by atoms with van der Waals surface area (Å²) in [6.45, 7) is 0.374. The molecule has 0 atom stereocenters. The second kappa shape index (κ2) is 3.82. The number of nitrogens with two attached hydrogens (primary N) is 1. The number of imidazole rings is 2. The highest BCUT2D eigenvalue weighted by Gasteiger charge is 2.14. The van der Waals surface area contributed by atoms with Crippen LogP contribution in [0.5, 0.6) is 0 Å². The lowest BCUT2D eigenvalue weighted by Gasteiger charge is -1.96. The molecular weight excluding hydrogens is 300 g/mol. The molecule has 0 amide bonds. The molecule has 0 aliphatic heterocycles. The van der Waals surface area contributed by atoms with E-state index >= 15 is 0 Å². The van der Waals surface area contributed by atoms with E-state index in [1.807, 2.05) is 4.40 Å². The third-order valence-corrected chi connectivity index (χ3v) is 3.65. The molecule has 18 heavy (non-hydrogen) atoms. The van der Waals surface area contributed by atoms with Crippen molar-refractivity contribution in [3.63, 3.8) is 0 Å². The summed E-state index contributed by atoms with van der Waals surface area (Å²) in [7, 11) is 0. The summed E-state index contributed by atoms with van der Waals surface area (Å²) in [5, 5.41) is 8.94. The van der Waals surface area contributed by atoms with E-state index in [4.69, 9.17) is 10.8 Å². The first-order chi connectivity index (χ1) is 8.61. The lowest BCUT2D eigenvalue weighted by Crippen LogP contribution is -1.98. The molecule has 4 N–H and O–H groups in total. The van der Waals surface area contributed by atoms with E-state index in [-0.39, 0.29) is 5.56 Å². The molecule has 1 aromatic carbocycles. The van der Waals surface area contributed by atoms with E-state index in [9.17, 15) is 4.79 Å². The zero-order chi connectivity index (χ0) is 12.9. The van der Waals surface area contributed by atoms with Crippen molar-refractivity contribution >= 4 is 38.7 Å². The fourth-order valence-electron chi connectivity index (χ4n) is 1.95. The molecule has 2 aromatic heterocycles. The number of nitrogens with zero attached hydrogens (tertiary/aromatic N) is 2. The molecule has 3 aromatic rings. The average Bonchev–Trinajstić information content (AvgIpc) is 2.85. The first-order valence-electron chi connectivity index (χ1n) is 5.23. The molecule has 92 valence electrons. The summed E-state index contributed by atoms with van der Waals surface area (Å²) in [5.74, 6) is -0.324. The number of hydrogen-bond donors (Lipinski definition) is 3. The monoisotopic (exact) mass is 308 g/mol. The first kappa shape index (κ1) is 11.2.